The van der Waals surface area contributed by atoms with E-state index in [1.807, 2.05) is 0 Å². The van der Waals surface area contributed by atoms with E-state index in [-0.39, 0.29) is 0 Å². The minimum absolute atomic E-state index is 0.892. The molecule has 2 aliphatic rings. The van der Waals surface area contributed by atoms with E-state index < -0.39 is 0 Å². The van der Waals surface area contributed by atoms with Gasteiger partial charge >= 0.3 is 0 Å². The van der Waals surface area contributed by atoms with Crippen LogP contribution >= 0.6 is 0 Å². The summed E-state index contributed by atoms with van der Waals surface area (Å²) in [6.45, 7) is 12.6. The third kappa shape index (κ3) is 4.65. The van der Waals surface area contributed by atoms with Crippen LogP contribution in [0.5, 0.6) is 0 Å². The molecule has 4 heteroatoms. The lowest BCUT2D eigenvalue weighted by molar-refractivity contribution is 0.188. The van der Waals surface area contributed by atoms with E-state index >= 15 is 0 Å². The van der Waals surface area contributed by atoms with Gasteiger partial charge in [-0.05, 0) is 64.6 Å². The fraction of sp³-hybridized carbons (Fsp3) is 0.938. The summed E-state index contributed by atoms with van der Waals surface area (Å²) in [6, 6.07) is 0. The maximum Gasteiger partial charge on any atom is 0.193 e. The Morgan fingerprint density at radius 2 is 1.80 bits per heavy atom. The maximum atomic E-state index is 4.85. The molecule has 1 N–H and O–H groups in total. The summed E-state index contributed by atoms with van der Waals surface area (Å²) in [5.74, 6) is 2.04. The van der Waals surface area contributed by atoms with Crippen LogP contribution in [-0.4, -0.2) is 61.6 Å². The minimum atomic E-state index is 0.892. The SMILES string of the molecule is CCNC(=NCCC1CCN(CC)CC1)N1CCCC1. The highest BCUT2D eigenvalue weighted by Crippen LogP contribution is 2.20. The van der Waals surface area contributed by atoms with Crippen molar-refractivity contribution in [2.75, 3.05) is 45.8 Å². The lowest BCUT2D eigenvalue weighted by Gasteiger charge is -2.30. The van der Waals surface area contributed by atoms with E-state index in [9.17, 15) is 0 Å². The standard InChI is InChI=1S/C16H32N4/c1-3-17-16(20-11-5-6-12-20)18-10-7-15-8-13-19(4-2)14-9-15/h15H,3-14H2,1-2H3,(H,17,18). The van der Waals surface area contributed by atoms with Crippen LogP contribution in [0.4, 0.5) is 0 Å². The van der Waals surface area contributed by atoms with Gasteiger partial charge in [0.25, 0.3) is 0 Å². The predicted molar refractivity (Wildman–Crippen MR) is 86.2 cm³/mol. The van der Waals surface area contributed by atoms with Crippen molar-refractivity contribution >= 4 is 5.96 Å². The lowest BCUT2D eigenvalue weighted by atomic mass is 9.94. The number of likely N-dealkylation sites (tertiary alicyclic amines) is 2. The normalized spacial score (nSPS) is 22.5. The van der Waals surface area contributed by atoms with E-state index in [0.29, 0.717) is 0 Å². The van der Waals surface area contributed by atoms with Crippen LogP contribution in [0.2, 0.25) is 0 Å². The fourth-order valence-corrected chi connectivity index (χ4v) is 3.30. The summed E-state index contributed by atoms with van der Waals surface area (Å²) < 4.78 is 0. The van der Waals surface area contributed by atoms with Crippen LogP contribution in [0.15, 0.2) is 4.99 Å². The van der Waals surface area contributed by atoms with E-state index in [0.717, 1.165) is 25.0 Å². The third-order valence-electron chi connectivity index (χ3n) is 4.69. The molecule has 0 amide bonds. The molecule has 0 bridgehead atoms. The zero-order valence-corrected chi connectivity index (χ0v) is 13.4. The van der Waals surface area contributed by atoms with Gasteiger partial charge in [0.15, 0.2) is 5.96 Å². The largest absolute Gasteiger partial charge is 0.357 e. The Kier molecular flexibility index (Phi) is 6.64. The molecule has 0 aromatic heterocycles. The van der Waals surface area contributed by atoms with Crippen molar-refractivity contribution in [3.8, 4) is 0 Å². The molecule has 20 heavy (non-hydrogen) atoms. The van der Waals surface area contributed by atoms with Gasteiger partial charge in [0.05, 0.1) is 0 Å². The van der Waals surface area contributed by atoms with E-state index in [4.69, 9.17) is 4.99 Å². The average molecular weight is 280 g/mol. The third-order valence-corrected chi connectivity index (χ3v) is 4.69. The molecule has 0 aromatic rings. The van der Waals surface area contributed by atoms with Crippen molar-refractivity contribution in [3.05, 3.63) is 0 Å². The molecule has 2 fully saturated rings. The average Bonchev–Trinajstić information content (AvgIpc) is 3.01. The molecule has 116 valence electrons. The number of nitrogens with zero attached hydrogens (tertiary/aromatic N) is 3. The predicted octanol–water partition coefficient (Wildman–Crippen LogP) is 2.17. The first-order valence-corrected chi connectivity index (χ1v) is 8.59. The molecule has 0 radical (unpaired) electrons. The van der Waals surface area contributed by atoms with Gasteiger partial charge in [-0.15, -0.1) is 0 Å². The summed E-state index contributed by atoms with van der Waals surface area (Å²) in [5.41, 5.74) is 0. The molecule has 2 rings (SSSR count). The molecule has 0 atom stereocenters. The monoisotopic (exact) mass is 280 g/mol. The Balaban J connectivity index is 1.72. The van der Waals surface area contributed by atoms with Crippen molar-refractivity contribution < 1.29 is 0 Å². The van der Waals surface area contributed by atoms with Crippen molar-refractivity contribution in [3.63, 3.8) is 0 Å². The molecule has 0 aliphatic carbocycles. The van der Waals surface area contributed by atoms with Crippen molar-refractivity contribution in [2.45, 2.75) is 46.0 Å². The van der Waals surface area contributed by atoms with Crippen LogP contribution in [0.25, 0.3) is 0 Å². The number of piperidine rings is 1. The molecular weight excluding hydrogens is 248 g/mol. The van der Waals surface area contributed by atoms with E-state index in [1.165, 1.54) is 64.8 Å². The Morgan fingerprint density at radius 1 is 1.10 bits per heavy atom. The first-order valence-electron chi connectivity index (χ1n) is 8.59. The second-order valence-electron chi connectivity index (χ2n) is 6.10. The van der Waals surface area contributed by atoms with Gasteiger partial charge < -0.3 is 15.1 Å². The highest BCUT2D eigenvalue weighted by atomic mass is 15.3. The van der Waals surface area contributed by atoms with Gasteiger partial charge in [-0.1, -0.05) is 6.92 Å². The lowest BCUT2D eigenvalue weighted by Crippen LogP contribution is -2.39. The van der Waals surface area contributed by atoms with Crippen molar-refractivity contribution in [1.82, 2.24) is 15.1 Å². The van der Waals surface area contributed by atoms with Gasteiger partial charge in [-0.25, -0.2) is 0 Å². The molecule has 0 spiro atoms. The Bertz CT molecular complexity index is 289. The number of rotatable bonds is 5. The quantitative estimate of drug-likeness (QED) is 0.618. The van der Waals surface area contributed by atoms with Crippen LogP contribution < -0.4 is 5.32 Å². The number of guanidine groups is 1. The Hall–Kier alpha value is -0.770. The molecule has 0 saturated carbocycles. The van der Waals surface area contributed by atoms with Gasteiger partial charge in [0, 0.05) is 26.2 Å². The summed E-state index contributed by atoms with van der Waals surface area (Å²) in [4.78, 5) is 9.83. The number of aliphatic imine (C=N–C) groups is 1. The second kappa shape index (κ2) is 8.50. The zero-order chi connectivity index (χ0) is 14.2. The summed E-state index contributed by atoms with van der Waals surface area (Å²) in [6.07, 6.45) is 6.63. The number of nitrogens with one attached hydrogen (secondary N) is 1. The number of hydrogen-bond acceptors (Lipinski definition) is 2. The molecule has 0 aromatic carbocycles. The van der Waals surface area contributed by atoms with Crippen molar-refractivity contribution in [1.29, 1.82) is 0 Å². The van der Waals surface area contributed by atoms with Crippen LogP contribution in [0.3, 0.4) is 0 Å². The van der Waals surface area contributed by atoms with Gasteiger partial charge in [0.1, 0.15) is 0 Å². The van der Waals surface area contributed by atoms with Crippen molar-refractivity contribution in [2.24, 2.45) is 10.9 Å². The first kappa shape index (κ1) is 15.6. The smallest absolute Gasteiger partial charge is 0.193 e. The van der Waals surface area contributed by atoms with Gasteiger partial charge in [-0.3, -0.25) is 4.99 Å². The summed E-state index contributed by atoms with van der Waals surface area (Å²) in [5, 5.41) is 3.45. The van der Waals surface area contributed by atoms with Crippen LogP contribution in [0.1, 0.15) is 46.0 Å². The van der Waals surface area contributed by atoms with Crippen LogP contribution in [-0.2, 0) is 0 Å². The van der Waals surface area contributed by atoms with Gasteiger partial charge in [0.2, 0.25) is 0 Å². The fourth-order valence-electron chi connectivity index (χ4n) is 3.30. The molecular formula is C16H32N4. The number of hydrogen-bond donors (Lipinski definition) is 1. The Labute approximate surface area is 124 Å². The molecule has 2 saturated heterocycles. The summed E-state index contributed by atoms with van der Waals surface area (Å²) >= 11 is 0. The van der Waals surface area contributed by atoms with E-state index in [1.54, 1.807) is 0 Å². The minimum Gasteiger partial charge on any atom is -0.357 e. The highest BCUT2D eigenvalue weighted by molar-refractivity contribution is 5.80. The Morgan fingerprint density at radius 3 is 2.40 bits per heavy atom. The zero-order valence-electron chi connectivity index (χ0n) is 13.4. The highest BCUT2D eigenvalue weighted by Gasteiger charge is 2.18. The molecule has 2 heterocycles. The molecule has 2 aliphatic heterocycles. The topological polar surface area (TPSA) is 30.9 Å². The summed E-state index contributed by atoms with van der Waals surface area (Å²) in [7, 11) is 0. The molecule has 0 unspecified atom stereocenters. The van der Waals surface area contributed by atoms with Crippen LogP contribution in [0, 0.1) is 5.92 Å². The maximum absolute atomic E-state index is 4.85. The van der Waals surface area contributed by atoms with Gasteiger partial charge in [-0.2, -0.15) is 0 Å². The van der Waals surface area contributed by atoms with E-state index in [2.05, 4.69) is 29.0 Å². The molecule has 4 nitrogen and oxygen atoms in total. The first-order chi connectivity index (χ1) is 9.83. The second-order valence-corrected chi connectivity index (χ2v) is 6.10.